The van der Waals surface area contributed by atoms with Gasteiger partial charge in [-0.15, -0.1) is 5.10 Å². The molecule has 1 aliphatic rings. The van der Waals surface area contributed by atoms with Crippen LogP contribution >= 0.6 is 0 Å². The maximum Gasteiger partial charge on any atom is 0.157 e. The molecular formula is C21H21N5O. The summed E-state index contributed by atoms with van der Waals surface area (Å²) in [7, 11) is 0. The molecule has 4 rings (SSSR count). The van der Waals surface area contributed by atoms with Gasteiger partial charge >= 0.3 is 0 Å². The normalized spacial score (nSPS) is 17.1. The first-order valence-corrected chi connectivity index (χ1v) is 9.02. The van der Waals surface area contributed by atoms with Crippen LogP contribution in [-0.4, -0.2) is 33.0 Å². The summed E-state index contributed by atoms with van der Waals surface area (Å²) >= 11 is 0. The van der Waals surface area contributed by atoms with Crippen LogP contribution in [-0.2, 0) is 17.8 Å². The van der Waals surface area contributed by atoms with Crippen LogP contribution in [0.3, 0.4) is 0 Å². The van der Waals surface area contributed by atoms with Gasteiger partial charge in [0.2, 0.25) is 0 Å². The molecule has 2 aromatic carbocycles. The Balaban J connectivity index is 1.48. The third kappa shape index (κ3) is 3.90. The van der Waals surface area contributed by atoms with Crippen molar-refractivity contribution in [2.75, 3.05) is 13.2 Å². The Morgan fingerprint density at radius 1 is 1.15 bits per heavy atom. The van der Waals surface area contributed by atoms with E-state index in [1.165, 1.54) is 11.1 Å². The summed E-state index contributed by atoms with van der Waals surface area (Å²) in [6, 6.07) is 18.3. The van der Waals surface area contributed by atoms with E-state index in [2.05, 4.69) is 52.5 Å². The molecule has 1 atom stereocenters. The van der Waals surface area contributed by atoms with Gasteiger partial charge in [0.15, 0.2) is 6.23 Å². The Morgan fingerprint density at radius 3 is 2.78 bits per heavy atom. The summed E-state index contributed by atoms with van der Waals surface area (Å²) in [5.41, 5.74) is 4.90. The Kier molecular flexibility index (Phi) is 4.97. The van der Waals surface area contributed by atoms with Gasteiger partial charge in [0.25, 0.3) is 0 Å². The maximum absolute atomic E-state index is 9.24. The summed E-state index contributed by atoms with van der Waals surface area (Å²) in [6.07, 6.45) is 1.72. The number of rotatable bonds is 5. The van der Waals surface area contributed by atoms with Gasteiger partial charge in [-0.05, 0) is 24.1 Å². The van der Waals surface area contributed by atoms with Crippen molar-refractivity contribution in [2.24, 2.45) is 0 Å². The zero-order valence-electron chi connectivity index (χ0n) is 15.2. The molecule has 1 aliphatic heterocycles. The van der Waals surface area contributed by atoms with Crippen LogP contribution < -0.4 is 0 Å². The van der Waals surface area contributed by atoms with E-state index in [0.29, 0.717) is 18.7 Å². The van der Waals surface area contributed by atoms with Gasteiger partial charge in [-0.3, -0.25) is 4.90 Å². The van der Waals surface area contributed by atoms with Crippen LogP contribution in [0.15, 0.2) is 54.7 Å². The Morgan fingerprint density at radius 2 is 1.96 bits per heavy atom. The summed E-state index contributed by atoms with van der Waals surface area (Å²) in [5.74, 6) is 0. The number of benzene rings is 2. The maximum atomic E-state index is 9.24. The van der Waals surface area contributed by atoms with Gasteiger partial charge in [-0.25, -0.2) is 4.68 Å². The second-order valence-corrected chi connectivity index (χ2v) is 6.79. The van der Waals surface area contributed by atoms with Crippen molar-refractivity contribution in [3.63, 3.8) is 0 Å². The molecule has 0 amide bonds. The lowest BCUT2D eigenvalue weighted by Crippen LogP contribution is -2.23. The molecule has 1 saturated heterocycles. The number of nitriles is 1. The Bertz CT molecular complexity index is 957. The molecule has 6 heteroatoms. The Hall–Kier alpha value is -3.01. The van der Waals surface area contributed by atoms with Crippen LogP contribution in [0.2, 0.25) is 0 Å². The van der Waals surface area contributed by atoms with E-state index in [1.54, 1.807) is 4.68 Å². The number of hydrogen-bond acceptors (Lipinski definition) is 5. The largest absolute Gasteiger partial charge is 0.356 e. The SMILES string of the molecule is Cc1ccc(CN2CCO[C@@H]2c2cn(Cc3ccccc3C#N)nn2)cc1. The first-order chi connectivity index (χ1) is 13.2. The zero-order chi connectivity index (χ0) is 18.6. The number of hydrogen-bond donors (Lipinski definition) is 0. The van der Waals surface area contributed by atoms with Gasteiger partial charge in [0.05, 0.1) is 31.0 Å². The predicted octanol–water partition coefficient (Wildman–Crippen LogP) is 3.04. The van der Waals surface area contributed by atoms with E-state index < -0.39 is 0 Å². The van der Waals surface area contributed by atoms with Crippen molar-refractivity contribution in [2.45, 2.75) is 26.2 Å². The third-order valence-electron chi connectivity index (χ3n) is 4.77. The molecule has 0 unspecified atom stereocenters. The molecule has 0 aliphatic carbocycles. The topological polar surface area (TPSA) is 67.0 Å². The smallest absolute Gasteiger partial charge is 0.157 e. The molecule has 2 heterocycles. The highest BCUT2D eigenvalue weighted by Crippen LogP contribution is 2.27. The molecule has 0 spiro atoms. The average molecular weight is 359 g/mol. The predicted molar refractivity (Wildman–Crippen MR) is 101 cm³/mol. The second kappa shape index (κ2) is 7.70. The fourth-order valence-electron chi connectivity index (χ4n) is 3.31. The number of aromatic nitrogens is 3. The number of nitrogens with zero attached hydrogens (tertiary/aromatic N) is 5. The molecule has 0 saturated carbocycles. The lowest BCUT2D eigenvalue weighted by Gasteiger charge is -2.21. The van der Waals surface area contributed by atoms with Gasteiger partial charge in [0, 0.05) is 13.1 Å². The highest BCUT2D eigenvalue weighted by Gasteiger charge is 2.29. The van der Waals surface area contributed by atoms with Crippen molar-refractivity contribution in [3.8, 4) is 6.07 Å². The monoisotopic (exact) mass is 359 g/mol. The molecule has 1 fully saturated rings. The quantitative estimate of drug-likeness (QED) is 0.700. The molecule has 136 valence electrons. The summed E-state index contributed by atoms with van der Waals surface area (Å²) < 4.78 is 7.67. The van der Waals surface area contributed by atoms with E-state index in [1.807, 2.05) is 30.5 Å². The number of aryl methyl sites for hydroxylation is 1. The van der Waals surface area contributed by atoms with E-state index in [4.69, 9.17) is 4.74 Å². The molecule has 1 aromatic heterocycles. The van der Waals surface area contributed by atoms with Crippen LogP contribution in [0.1, 0.15) is 34.2 Å². The Labute approximate surface area is 158 Å². The highest BCUT2D eigenvalue weighted by atomic mass is 16.5. The van der Waals surface area contributed by atoms with Gasteiger partial charge in [-0.2, -0.15) is 5.26 Å². The molecule has 27 heavy (non-hydrogen) atoms. The molecule has 0 bridgehead atoms. The first-order valence-electron chi connectivity index (χ1n) is 9.02. The lowest BCUT2D eigenvalue weighted by atomic mass is 10.1. The average Bonchev–Trinajstić information content (AvgIpc) is 3.33. The minimum atomic E-state index is -0.189. The van der Waals surface area contributed by atoms with E-state index in [9.17, 15) is 5.26 Å². The minimum Gasteiger partial charge on any atom is -0.356 e. The molecule has 6 nitrogen and oxygen atoms in total. The zero-order valence-corrected chi connectivity index (χ0v) is 15.2. The summed E-state index contributed by atoms with van der Waals surface area (Å²) in [5, 5.41) is 17.8. The number of ether oxygens (including phenoxy) is 1. The summed E-state index contributed by atoms with van der Waals surface area (Å²) in [4.78, 5) is 2.27. The van der Waals surface area contributed by atoms with Crippen LogP contribution in [0.4, 0.5) is 0 Å². The minimum absolute atomic E-state index is 0.189. The second-order valence-electron chi connectivity index (χ2n) is 6.79. The van der Waals surface area contributed by atoms with E-state index in [0.717, 1.165) is 24.3 Å². The third-order valence-corrected chi connectivity index (χ3v) is 4.77. The van der Waals surface area contributed by atoms with Crippen molar-refractivity contribution in [1.29, 1.82) is 5.26 Å². The lowest BCUT2D eigenvalue weighted by molar-refractivity contribution is 0.0252. The first kappa shape index (κ1) is 17.4. The van der Waals surface area contributed by atoms with Gasteiger partial charge in [0.1, 0.15) is 5.69 Å². The van der Waals surface area contributed by atoms with Crippen molar-refractivity contribution < 1.29 is 4.74 Å². The molecule has 0 radical (unpaired) electrons. The van der Waals surface area contributed by atoms with Crippen LogP contribution in [0.5, 0.6) is 0 Å². The fraction of sp³-hybridized carbons (Fsp3) is 0.286. The molecular weight excluding hydrogens is 338 g/mol. The molecule has 3 aromatic rings. The highest BCUT2D eigenvalue weighted by molar-refractivity contribution is 5.37. The van der Waals surface area contributed by atoms with Gasteiger partial charge in [-0.1, -0.05) is 53.2 Å². The molecule has 0 N–H and O–H groups in total. The van der Waals surface area contributed by atoms with Gasteiger partial charge < -0.3 is 4.74 Å². The fourth-order valence-corrected chi connectivity index (χ4v) is 3.31. The van der Waals surface area contributed by atoms with E-state index >= 15 is 0 Å². The van der Waals surface area contributed by atoms with E-state index in [-0.39, 0.29) is 6.23 Å². The van der Waals surface area contributed by atoms with Crippen LogP contribution in [0, 0.1) is 18.3 Å². The van der Waals surface area contributed by atoms with Crippen LogP contribution in [0.25, 0.3) is 0 Å². The summed E-state index contributed by atoms with van der Waals surface area (Å²) in [6.45, 7) is 4.97. The standard InChI is InChI=1S/C21H21N5O/c1-16-6-8-17(9-7-16)13-25-10-11-27-21(25)20-15-26(24-23-20)14-19-5-3-2-4-18(19)12-22/h2-9,15,21H,10-11,13-14H2,1H3/t21-/m1/s1. The van der Waals surface area contributed by atoms with Crippen molar-refractivity contribution >= 4 is 0 Å². The van der Waals surface area contributed by atoms with Crippen molar-refractivity contribution in [1.82, 2.24) is 19.9 Å². The van der Waals surface area contributed by atoms with Crippen molar-refractivity contribution in [3.05, 3.63) is 82.7 Å².